The van der Waals surface area contributed by atoms with Crippen LogP contribution in [-0.4, -0.2) is 64.2 Å². The van der Waals surface area contributed by atoms with E-state index in [-0.39, 0.29) is 5.91 Å². The molecule has 2 rings (SSSR count). The normalized spacial score (nSPS) is 11.3. The number of likely N-dealkylation sites (N-methyl/N-ethyl adjacent to an activating group) is 1. The molecule has 0 heterocycles. The smallest absolute Gasteiger partial charge is 0.251 e. The van der Waals surface area contributed by atoms with Gasteiger partial charge in [-0.3, -0.25) is 4.79 Å². The van der Waals surface area contributed by atoms with E-state index in [1.165, 1.54) is 0 Å². The van der Waals surface area contributed by atoms with E-state index in [2.05, 4.69) is 27.0 Å². The number of nitrogens with one attached hydrogen (secondary N) is 3. The first-order chi connectivity index (χ1) is 15.0. The number of nitrogens with zero attached hydrogens (tertiary/aromatic N) is 2. The average molecular weight is 426 g/mol. The summed E-state index contributed by atoms with van der Waals surface area (Å²) in [5, 5.41) is 9.58. The van der Waals surface area contributed by atoms with Gasteiger partial charge < -0.3 is 25.6 Å². The first-order valence-electron chi connectivity index (χ1n) is 10.7. The Morgan fingerprint density at radius 1 is 1.03 bits per heavy atom. The Morgan fingerprint density at radius 2 is 1.84 bits per heavy atom. The molecule has 0 atom stereocenters. The summed E-state index contributed by atoms with van der Waals surface area (Å²) in [6, 6.07) is 15.6. The highest BCUT2D eigenvalue weighted by Crippen LogP contribution is 2.17. The summed E-state index contributed by atoms with van der Waals surface area (Å²) in [5.74, 6) is 1.58. The molecule has 31 heavy (non-hydrogen) atoms. The molecule has 168 valence electrons. The molecular formula is C24H35N5O2. The zero-order valence-corrected chi connectivity index (χ0v) is 19.1. The Morgan fingerprint density at radius 3 is 2.58 bits per heavy atom. The molecule has 0 aromatic heterocycles. The van der Waals surface area contributed by atoms with Crippen molar-refractivity contribution in [1.29, 1.82) is 0 Å². The lowest BCUT2D eigenvalue weighted by molar-refractivity contribution is 0.0951. The lowest BCUT2D eigenvalue weighted by Gasteiger charge is -2.13. The van der Waals surface area contributed by atoms with Gasteiger partial charge in [0.25, 0.3) is 5.91 Å². The summed E-state index contributed by atoms with van der Waals surface area (Å²) < 4.78 is 5.41. The van der Waals surface area contributed by atoms with Crippen LogP contribution in [0.25, 0.3) is 0 Å². The van der Waals surface area contributed by atoms with Gasteiger partial charge in [0.2, 0.25) is 0 Å². The van der Waals surface area contributed by atoms with Crippen LogP contribution in [0, 0.1) is 0 Å². The lowest BCUT2D eigenvalue weighted by atomic mass is 10.1. The summed E-state index contributed by atoms with van der Waals surface area (Å²) >= 11 is 0. The second-order valence-corrected chi connectivity index (χ2v) is 7.44. The average Bonchev–Trinajstić information content (AvgIpc) is 2.77. The van der Waals surface area contributed by atoms with Crippen LogP contribution in [0.2, 0.25) is 0 Å². The van der Waals surface area contributed by atoms with Crippen molar-refractivity contribution in [2.24, 2.45) is 4.99 Å². The maximum atomic E-state index is 12.3. The van der Waals surface area contributed by atoms with Crippen molar-refractivity contribution in [2.45, 2.75) is 19.9 Å². The molecule has 0 aliphatic heterocycles. The summed E-state index contributed by atoms with van der Waals surface area (Å²) in [6.45, 7) is 5.46. The third-order valence-corrected chi connectivity index (χ3v) is 4.68. The summed E-state index contributed by atoms with van der Waals surface area (Å²) in [7, 11) is 5.66. The molecule has 3 N–H and O–H groups in total. The Balaban J connectivity index is 1.93. The maximum absolute atomic E-state index is 12.3. The number of carbonyl (C=O) groups is 1. The first kappa shape index (κ1) is 24.2. The third-order valence-electron chi connectivity index (χ3n) is 4.68. The van der Waals surface area contributed by atoms with Gasteiger partial charge in [-0.2, -0.15) is 0 Å². The topological polar surface area (TPSA) is 78.0 Å². The second-order valence-electron chi connectivity index (χ2n) is 7.44. The molecule has 0 aliphatic rings. The summed E-state index contributed by atoms with van der Waals surface area (Å²) in [4.78, 5) is 19.1. The molecule has 0 radical (unpaired) electrons. The number of methoxy groups -OCH3 is 1. The number of carbonyl (C=O) groups excluding carboxylic acids is 1. The molecule has 0 saturated carbocycles. The zero-order valence-electron chi connectivity index (χ0n) is 19.1. The van der Waals surface area contributed by atoms with Gasteiger partial charge >= 0.3 is 0 Å². The first-order valence-corrected chi connectivity index (χ1v) is 10.7. The van der Waals surface area contributed by atoms with E-state index in [1.54, 1.807) is 7.11 Å². The van der Waals surface area contributed by atoms with Gasteiger partial charge in [-0.1, -0.05) is 30.3 Å². The summed E-state index contributed by atoms with van der Waals surface area (Å²) in [6.07, 6.45) is 0.830. The van der Waals surface area contributed by atoms with Gasteiger partial charge in [0.1, 0.15) is 5.75 Å². The SMILES string of the molecule is CCNC(=NCc1cccc(C(=O)NCCN(C)C)c1)NCCc1ccccc1OC. The van der Waals surface area contributed by atoms with Crippen LogP contribution in [0.1, 0.15) is 28.4 Å². The van der Waals surface area contributed by atoms with Crippen molar-refractivity contribution in [3.63, 3.8) is 0 Å². The number of aliphatic imine (C=N–C) groups is 1. The number of ether oxygens (including phenoxy) is 1. The Hall–Kier alpha value is -3.06. The fraction of sp³-hybridized carbons (Fsp3) is 0.417. The van der Waals surface area contributed by atoms with Gasteiger partial charge in [0, 0.05) is 31.7 Å². The number of para-hydroxylation sites is 1. The number of rotatable bonds is 11. The van der Waals surface area contributed by atoms with Crippen LogP contribution in [0.3, 0.4) is 0 Å². The Labute approximate surface area is 185 Å². The molecule has 0 saturated heterocycles. The van der Waals surface area contributed by atoms with E-state index in [9.17, 15) is 4.79 Å². The van der Waals surface area contributed by atoms with Gasteiger partial charge in [0.05, 0.1) is 13.7 Å². The fourth-order valence-corrected chi connectivity index (χ4v) is 3.04. The van der Waals surface area contributed by atoms with Crippen LogP contribution >= 0.6 is 0 Å². The van der Waals surface area contributed by atoms with Crippen LogP contribution in [-0.2, 0) is 13.0 Å². The molecule has 1 amide bonds. The molecule has 0 bridgehead atoms. The number of hydrogen-bond acceptors (Lipinski definition) is 4. The molecule has 7 heteroatoms. The van der Waals surface area contributed by atoms with E-state index >= 15 is 0 Å². The lowest BCUT2D eigenvalue weighted by Crippen LogP contribution is -2.38. The highest BCUT2D eigenvalue weighted by molar-refractivity contribution is 5.94. The van der Waals surface area contributed by atoms with Crippen LogP contribution in [0.5, 0.6) is 5.75 Å². The zero-order chi connectivity index (χ0) is 22.5. The molecule has 0 fully saturated rings. The highest BCUT2D eigenvalue weighted by Gasteiger charge is 2.07. The van der Waals surface area contributed by atoms with Crippen molar-refractivity contribution in [3.05, 3.63) is 65.2 Å². The van der Waals surface area contributed by atoms with Crippen LogP contribution < -0.4 is 20.7 Å². The highest BCUT2D eigenvalue weighted by atomic mass is 16.5. The number of hydrogen-bond donors (Lipinski definition) is 3. The van der Waals surface area contributed by atoms with Crippen molar-refractivity contribution in [3.8, 4) is 5.75 Å². The van der Waals surface area contributed by atoms with Crippen LogP contribution in [0.4, 0.5) is 0 Å². The van der Waals surface area contributed by atoms with E-state index in [0.717, 1.165) is 48.9 Å². The molecule has 0 spiro atoms. The van der Waals surface area contributed by atoms with Crippen molar-refractivity contribution >= 4 is 11.9 Å². The molecule has 0 unspecified atom stereocenters. The van der Waals surface area contributed by atoms with E-state index in [0.29, 0.717) is 18.7 Å². The predicted octanol–water partition coefficient (Wildman–Crippen LogP) is 2.28. The maximum Gasteiger partial charge on any atom is 0.251 e. The van der Waals surface area contributed by atoms with Crippen molar-refractivity contribution < 1.29 is 9.53 Å². The predicted molar refractivity (Wildman–Crippen MR) is 127 cm³/mol. The van der Waals surface area contributed by atoms with Gasteiger partial charge in [-0.25, -0.2) is 4.99 Å². The van der Waals surface area contributed by atoms with Gasteiger partial charge in [0.15, 0.2) is 5.96 Å². The standard InChI is InChI=1S/C24H35N5O2/c1-5-25-24(27-14-13-20-10-6-7-12-22(20)31-4)28-18-19-9-8-11-21(17-19)23(30)26-15-16-29(2)3/h6-12,17H,5,13-16,18H2,1-4H3,(H,26,30)(H2,25,27,28). The molecule has 0 aliphatic carbocycles. The largest absolute Gasteiger partial charge is 0.496 e. The Bertz CT molecular complexity index is 851. The quantitative estimate of drug-likeness (QED) is 0.380. The minimum Gasteiger partial charge on any atom is -0.496 e. The van der Waals surface area contributed by atoms with Crippen molar-refractivity contribution in [1.82, 2.24) is 20.9 Å². The minimum absolute atomic E-state index is 0.0606. The van der Waals surface area contributed by atoms with E-state index in [1.807, 2.05) is 68.4 Å². The minimum atomic E-state index is -0.0606. The third kappa shape index (κ3) is 8.68. The van der Waals surface area contributed by atoms with Crippen molar-refractivity contribution in [2.75, 3.05) is 47.4 Å². The Kier molecular flexibility index (Phi) is 10.4. The van der Waals surface area contributed by atoms with E-state index < -0.39 is 0 Å². The number of guanidine groups is 1. The molecule has 2 aromatic rings. The fourth-order valence-electron chi connectivity index (χ4n) is 3.04. The number of benzene rings is 2. The molecule has 2 aromatic carbocycles. The number of amides is 1. The molecular weight excluding hydrogens is 390 g/mol. The van der Waals surface area contributed by atoms with E-state index in [4.69, 9.17) is 4.74 Å². The van der Waals surface area contributed by atoms with Crippen LogP contribution in [0.15, 0.2) is 53.5 Å². The second kappa shape index (κ2) is 13.3. The summed E-state index contributed by atoms with van der Waals surface area (Å²) in [5.41, 5.74) is 2.80. The van der Waals surface area contributed by atoms with Gasteiger partial charge in [-0.15, -0.1) is 0 Å². The monoisotopic (exact) mass is 425 g/mol. The molecule has 7 nitrogen and oxygen atoms in total. The van der Waals surface area contributed by atoms with Gasteiger partial charge in [-0.05, 0) is 56.8 Å².